The number of Topliss-reactive ketones (excluding diaryl/α,β-unsaturated/α-hetero) is 1. The molecule has 0 aliphatic carbocycles. The number of hydrogen-bond donors (Lipinski definition) is 1. The van der Waals surface area contributed by atoms with Gasteiger partial charge in [0, 0.05) is 23.5 Å². The first kappa shape index (κ1) is 20.3. The van der Waals surface area contributed by atoms with E-state index in [0.717, 1.165) is 11.1 Å². The molecule has 1 aliphatic heterocycles. The number of amides is 1. The van der Waals surface area contributed by atoms with Crippen molar-refractivity contribution in [2.24, 2.45) is 0 Å². The summed E-state index contributed by atoms with van der Waals surface area (Å²) in [7, 11) is 1.56. The molecule has 0 spiro atoms. The fourth-order valence-electron chi connectivity index (χ4n) is 3.82. The second-order valence-electron chi connectivity index (χ2n) is 7.39. The molecule has 0 saturated carbocycles. The highest BCUT2D eigenvalue weighted by Gasteiger charge is 2.46. The average Bonchev–Trinajstić information content (AvgIpc) is 3.05. The van der Waals surface area contributed by atoms with E-state index < -0.39 is 17.7 Å². The van der Waals surface area contributed by atoms with Gasteiger partial charge in [0.25, 0.3) is 11.7 Å². The van der Waals surface area contributed by atoms with Crippen LogP contribution in [-0.4, -0.2) is 33.8 Å². The molecule has 3 aromatic rings. The smallest absolute Gasteiger partial charge is 0.295 e. The molecule has 1 N–H and O–H groups in total. The van der Waals surface area contributed by atoms with Gasteiger partial charge in [-0.3, -0.25) is 14.6 Å². The third kappa shape index (κ3) is 3.80. The van der Waals surface area contributed by atoms with E-state index in [0.29, 0.717) is 16.9 Å². The summed E-state index contributed by atoms with van der Waals surface area (Å²) in [5, 5.41) is 11.1. The molecule has 1 aliphatic rings. The Kier molecular flexibility index (Phi) is 5.54. The largest absolute Gasteiger partial charge is 0.507 e. The molecule has 1 saturated heterocycles. The standard InChI is InChI=1S/C25H22N2O4/c1-16-7-9-18(10-8-16)23(28)21-22(17-11-13-26-14-12-17)27(25(30)24(21)29)15-19-5-3-4-6-20(19)31-2/h3-14,22,28H,15H2,1-2H3/b23-21+. The number of benzene rings is 2. The molecule has 6 nitrogen and oxygen atoms in total. The molecule has 6 heteroatoms. The second kappa shape index (κ2) is 8.44. The summed E-state index contributed by atoms with van der Waals surface area (Å²) in [4.78, 5) is 31.6. The monoisotopic (exact) mass is 414 g/mol. The summed E-state index contributed by atoms with van der Waals surface area (Å²) >= 11 is 0. The highest BCUT2D eigenvalue weighted by atomic mass is 16.5. The van der Waals surface area contributed by atoms with Gasteiger partial charge in [-0.2, -0.15) is 0 Å². The van der Waals surface area contributed by atoms with Gasteiger partial charge >= 0.3 is 0 Å². The van der Waals surface area contributed by atoms with Crippen molar-refractivity contribution in [3.8, 4) is 5.75 Å². The number of hydrogen-bond acceptors (Lipinski definition) is 5. The molecule has 156 valence electrons. The lowest BCUT2D eigenvalue weighted by Crippen LogP contribution is -2.29. The molecule has 0 bridgehead atoms. The third-order valence-electron chi connectivity index (χ3n) is 5.42. The number of para-hydroxylation sites is 1. The highest BCUT2D eigenvalue weighted by Crippen LogP contribution is 2.40. The first-order valence-corrected chi connectivity index (χ1v) is 9.88. The number of ketones is 1. The van der Waals surface area contributed by atoms with E-state index in [2.05, 4.69) is 4.98 Å². The first-order chi connectivity index (χ1) is 15.0. The van der Waals surface area contributed by atoms with Crippen molar-refractivity contribution in [2.75, 3.05) is 7.11 Å². The highest BCUT2D eigenvalue weighted by molar-refractivity contribution is 6.46. The molecule has 0 radical (unpaired) electrons. The number of ether oxygens (including phenoxy) is 1. The summed E-state index contributed by atoms with van der Waals surface area (Å²) in [5.74, 6) is -0.949. The third-order valence-corrected chi connectivity index (χ3v) is 5.42. The number of aliphatic hydroxyl groups excluding tert-OH is 1. The van der Waals surface area contributed by atoms with Gasteiger partial charge in [0.05, 0.1) is 25.3 Å². The van der Waals surface area contributed by atoms with E-state index in [4.69, 9.17) is 4.74 Å². The van der Waals surface area contributed by atoms with Crippen molar-refractivity contribution in [1.82, 2.24) is 9.88 Å². The number of likely N-dealkylation sites (tertiary alicyclic amines) is 1. The van der Waals surface area contributed by atoms with Crippen molar-refractivity contribution in [3.63, 3.8) is 0 Å². The van der Waals surface area contributed by atoms with Crippen LogP contribution in [-0.2, 0) is 16.1 Å². The fourth-order valence-corrected chi connectivity index (χ4v) is 3.82. The van der Waals surface area contributed by atoms with Crippen LogP contribution in [0.1, 0.15) is 28.3 Å². The quantitative estimate of drug-likeness (QED) is 0.388. The molecular formula is C25H22N2O4. The van der Waals surface area contributed by atoms with Gasteiger partial charge in [-0.05, 0) is 30.7 Å². The first-order valence-electron chi connectivity index (χ1n) is 9.88. The van der Waals surface area contributed by atoms with Gasteiger partial charge in [0.15, 0.2) is 0 Å². The van der Waals surface area contributed by atoms with Gasteiger partial charge in [0.1, 0.15) is 11.5 Å². The van der Waals surface area contributed by atoms with E-state index in [-0.39, 0.29) is 17.9 Å². The summed E-state index contributed by atoms with van der Waals surface area (Å²) in [6.45, 7) is 2.10. The van der Waals surface area contributed by atoms with Crippen molar-refractivity contribution < 1.29 is 19.4 Å². The van der Waals surface area contributed by atoms with Crippen molar-refractivity contribution in [1.29, 1.82) is 0 Å². The summed E-state index contributed by atoms with van der Waals surface area (Å²) in [5.41, 5.74) is 3.03. The number of pyridine rings is 1. The number of rotatable bonds is 5. The van der Waals surface area contributed by atoms with Gasteiger partial charge in [-0.25, -0.2) is 0 Å². The average molecular weight is 414 g/mol. The molecule has 31 heavy (non-hydrogen) atoms. The number of nitrogens with zero attached hydrogens (tertiary/aromatic N) is 2. The normalized spacial score (nSPS) is 17.7. The van der Waals surface area contributed by atoms with Crippen LogP contribution in [0.3, 0.4) is 0 Å². The number of aliphatic hydroxyl groups is 1. The topological polar surface area (TPSA) is 79.7 Å². The van der Waals surface area contributed by atoms with Gasteiger partial charge in [-0.15, -0.1) is 0 Å². The van der Waals surface area contributed by atoms with Crippen molar-refractivity contribution >= 4 is 17.4 Å². The molecule has 1 aromatic heterocycles. The Morgan fingerprint density at radius 1 is 1.03 bits per heavy atom. The molecule has 2 heterocycles. The molecule has 4 rings (SSSR count). The van der Waals surface area contributed by atoms with Crippen LogP contribution >= 0.6 is 0 Å². The Hall–Kier alpha value is -3.93. The lowest BCUT2D eigenvalue weighted by atomic mass is 9.95. The number of aryl methyl sites for hydroxylation is 1. The van der Waals surface area contributed by atoms with Crippen LogP contribution in [0.4, 0.5) is 0 Å². The maximum atomic E-state index is 13.1. The zero-order valence-corrected chi connectivity index (χ0v) is 17.3. The Balaban J connectivity index is 1.85. The maximum Gasteiger partial charge on any atom is 0.295 e. The SMILES string of the molecule is COc1ccccc1CN1C(=O)C(=O)/C(=C(/O)c2ccc(C)cc2)C1c1ccncc1. The van der Waals surface area contributed by atoms with Crippen molar-refractivity contribution in [3.05, 3.63) is 101 Å². The van der Waals surface area contributed by atoms with Crippen LogP contribution in [0, 0.1) is 6.92 Å². The summed E-state index contributed by atoms with van der Waals surface area (Å²) in [6.07, 6.45) is 3.20. The molecule has 1 unspecified atom stereocenters. The fraction of sp³-hybridized carbons (Fsp3) is 0.160. The lowest BCUT2D eigenvalue weighted by molar-refractivity contribution is -0.140. The van der Waals surface area contributed by atoms with Crippen LogP contribution in [0.25, 0.3) is 5.76 Å². The predicted molar refractivity (Wildman–Crippen MR) is 116 cm³/mol. The molecule has 1 atom stereocenters. The Labute approximate surface area is 180 Å². The lowest BCUT2D eigenvalue weighted by Gasteiger charge is -2.26. The Morgan fingerprint density at radius 3 is 2.39 bits per heavy atom. The van der Waals surface area contributed by atoms with E-state index >= 15 is 0 Å². The molecular weight excluding hydrogens is 392 g/mol. The number of aromatic nitrogens is 1. The number of methoxy groups -OCH3 is 1. The molecule has 1 fully saturated rings. The van der Waals surface area contributed by atoms with E-state index in [1.807, 2.05) is 37.3 Å². The summed E-state index contributed by atoms with van der Waals surface area (Å²) in [6, 6.07) is 17.3. The van der Waals surface area contributed by atoms with Crippen LogP contribution < -0.4 is 4.74 Å². The molecule has 2 aromatic carbocycles. The number of carbonyl (C=O) groups is 2. The van der Waals surface area contributed by atoms with Gasteiger partial charge in [-0.1, -0.05) is 48.0 Å². The Morgan fingerprint density at radius 2 is 1.71 bits per heavy atom. The zero-order valence-electron chi connectivity index (χ0n) is 17.3. The van der Waals surface area contributed by atoms with E-state index in [1.165, 1.54) is 4.90 Å². The second-order valence-corrected chi connectivity index (χ2v) is 7.39. The van der Waals surface area contributed by atoms with Gasteiger partial charge < -0.3 is 14.7 Å². The van der Waals surface area contributed by atoms with E-state index in [9.17, 15) is 14.7 Å². The number of carbonyl (C=O) groups excluding carboxylic acids is 2. The van der Waals surface area contributed by atoms with Crippen molar-refractivity contribution in [2.45, 2.75) is 19.5 Å². The summed E-state index contributed by atoms with van der Waals surface area (Å²) < 4.78 is 5.42. The Bertz CT molecular complexity index is 1150. The van der Waals surface area contributed by atoms with Crippen LogP contribution in [0.5, 0.6) is 5.75 Å². The van der Waals surface area contributed by atoms with Crippen LogP contribution in [0.2, 0.25) is 0 Å². The predicted octanol–water partition coefficient (Wildman–Crippen LogP) is 4.02. The maximum absolute atomic E-state index is 13.1. The van der Waals surface area contributed by atoms with Gasteiger partial charge in [0.2, 0.25) is 0 Å². The zero-order chi connectivity index (χ0) is 22.0. The minimum Gasteiger partial charge on any atom is -0.507 e. The minimum atomic E-state index is -0.741. The van der Waals surface area contributed by atoms with Crippen LogP contribution in [0.15, 0.2) is 78.6 Å². The molecule has 1 amide bonds. The minimum absolute atomic E-state index is 0.0648. The van der Waals surface area contributed by atoms with E-state index in [1.54, 1.807) is 49.8 Å².